The molecule has 2 aromatic heterocycles. The van der Waals surface area contributed by atoms with E-state index in [1.54, 1.807) is 17.4 Å². The maximum absolute atomic E-state index is 13.7. The van der Waals surface area contributed by atoms with Gasteiger partial charge in [0.15, 0.2) is 0 Å². The highest BCUT2D eigenvalue weighted by Gasteiger charge is 2.28. The van der Waals surface area contributed by atoms with Crippen LogP contribution < -0.4 is 10.6 Å². The van der Waals surface area contributed by atoms with E-state index in [4.69, 9.17) is 0 Å². The second-order valence-corrected chi connectivity index (χ2v) is 11.1. The number of nitriles is 1. The van der Waals surface area contributed by atoms with Gasteiger partial charge in [0.1, 0.15) is 22.5 Å². The largest absolute Gasteiger partial charge is 0.322 e. The number of anilines is 2. The van der Waals surface area contributed by atoms with Crippen molar-refractivity contribution in [2.75, 3.05) is 10.6 Å². The van der Waals surface area contributed by atoms with E-state index < -0.39 is 11.7 Å². The molecule has 8 heteroatoms. The molecule has 0 saturated carbocycles. The third-order valence-electron chi connectivity index (χ3n) is 7.13. The number of benzene rings is 2. The van der Waals surface area contributed by atoms with E-state index in [1.807, 2.05) is 61.7 Å². The minimum absolute atomic E-state index is 0.0765. The standard InChI is InChI=1S/C32H29FN4O2S/c1-19-8-12-25(13-9-19)36-31(39)29-27-6-4-5-7-28(27)40-32(29)37-20(2)16-22(21(37)3)17-23(18-34)30(38)35-26-14-10-24(33)11-15-26/h8-17H,4-7H2,1-3H3,(H,35,38)(H,36,39)/b23-17-. The molecule has 0 saturated heterocycles. The molecule has 0 bridgehead atoms. The number of halogens is 1. The number of carbonyl (C=O) groups excluding carboxylic acids is 2. The Labute approximate surface area is 236 Å². The molecule has 2 N–H and O–H groups in total. The lowest BCUT2D eigenvalue weighted by atomic mass is 9.95. The number of carbonyl (C=O) groups is 2. The normalized spacial score (nSPS) is 12.9. The highest BCUT2D eigenvalue weighted by atomic mass is 32.1. The summed E-state index contributed by atoms with van der Waals surface area (Å²) in [7, 11) is 0. The molecule has 0 atom stereocenters. The van der Waals surface area contributed by atoms with Gasteiger partial charge in [0.2, 0.25) is 0 Å². The van der Waals surface area contributed by atoms with E-state index >= 15 is 0 Å². The molecule has 5 rings (SSSR count). The molecule has 2 aromatic carbocycles. The van der Waals surface area contributed by atoms with Crippen molar-refractivity contribution in [1.29, 1.82) is 5.26 Å². The van der Waals surface area contributed by atoms with Gasteiger partial charge in [0.25, 0.3) is 11.8 Å². The van der Waals surface area contributed by atoms with Crippen molar-refractivity contribution in [3.05, 3.63) is 105 Å². The molecule has 202 valence electrons. The Morgan fingerprint density at radius 3 is 2.33 bits per heavy atom. The molecular formula is C32H29FN4O2S. The smallest absolute Gasteiger partial charge is 0.266 e. The molecule has 0 fully saturated rings. The number of thiophene rings is 1. The Morgan fingerprint density at radius 1 is 0.975 bits per heavy atom. The van der Waals surface area contributed by atoms with E-state index in [1.165, 1.54) is 29.1 Å². The first-order chi connectivity index (χ1) is 19.2. The van der Waals surface area contributed by atoms with Crippen molar-refractivity contribution in [2.24, 2.45) is 0 Å². The van der Waals surface area contributed by atoms with Gasteiger partial charge in [-0.25, -0.2) is 4.39 Å². The van der Waals surface area contributed by atoms with Crippen LogP contribution in [0.3, 0.4) is 0 Å². The fourth-order valence-corrected chi connectivity index (χ4v) is 6.55. The first-order valence-corrected chi connectivity index (χ1v) is 14.0. The van der Waals surface area contributed by atoms with Crippen LogP contribution in [0.25, 0.3) is 11.1 Å². The van der Waals surface area contributed by atoms with Crippen molar-refractivity contribution in [2.45, 2.75) is 46.5 Å². The Hall–Kier alpha value is -4.48. The molecule has 2 amide bonds. The summed E-state index contributed by atoms with van der Waals surface area (Å²) >= 11 is 1.64. The lowest BCUT2D eigenvalue weighted by molar-refractivity contribution is -0.112. The molecule has 4 aromatic rings. The average Bonchev–Trinajstić information content (AvgIpc) is 3.45. The summed E-state index contributed by atoms with van der Waals surface area (Å²) in [5, 5.41) is 16.3. The summed E-state index contributed by atoms with van der Waals surface area (Å²) in [6.45, 7) is 5.88. The lowest BCUT2D eigenvalue weighted by Crippen LogP contribution is -2.17. The fourth-order valence-electron chi connectivity index (χ4n) is 5.06. The van der Waals surface area contributed by atoms with E-state index in [9.17, 15) is 19.2 Å². The third-order valence-corrected chi connectivity index (χ3v) is 8.41. The van der Waals surface area contributed by atoms with Gasteiger partial charge in [-0.3, -0.25) is 9.59 Å². The zero-order chi connectivity index (χ0) is 28.4. The Bertz CT molecular complexity index is 1670. The molecular weight excluding hydrogens is 523 g/mol. The van der Waals surface area contributed by atoms with Crippen LogP contribution in [0.1, 0.15) is 56.2 Å². The van der Waals surface area contributed by atoms with E-state index in [2.05, 4.69) is 10.6 Å². The number of hydrogen-bond acceptors (Lipinski definition) is 4. The van der Waals surface area contributed by atoms with E-state index in [-0.39, 0.29) is 11.5 Å². The number of fused-ring (bicyclic) bond motifs is 1. The maximum Gasteiger partial charge on any atom is 0.266 e. The Morgan fingerprint density at radius 2 is 1.62 bits per heavy atom. The van der Waals surface area contributed by atoms with Crippen LogP contribution in [0.15, 0.2) is 60.2 Å². The molecule has 1 aliphatic carbocycles. The zero-order valence-corrected chi connectivity index (χ0v) is 23.4. The summed E-state index contributed by atoms with van der Waals surface area (Å²) < 4.78 is 15.3. The number of nitrogens with zero attached hydrogens (tertiary/aromatic N) is 2. The molecule has 1 aliphatic rings. The molecule has 2 heterocycles. The number of rotatable bonds is 6. The summed E-state index contributed by atoms with van der Waals surface area (Å²) in [6.07, 6.45) is 5.49. The van der Waals surface area contributed by atoms with Gasteiger partial charge in [-0.15, -0.1) is 11.3 Å². The predicted molar refractivity (Wildman–Crippen MR) is 158 cm³/mol. The second kappa shape index (κ2) is 11.3. The summed E-state index contributed by atoms with van der Waals surface area (Å²) in [6, 6.07) is 17.0. The van der Waals surface area contributed by atoms with Crippen LogP contribution >= 0.6 is 11.3 Å². The number of hydrogen-bond donors (Lipinski definition) is 2. The lowest BCUT2D eigenvalue weighted by Gasteiger charge is -2.14. The van der Waals surface area contributed by atoms with Gasteiger partial charge in [-0.1, -0.05) is 17.7 Å². The molecule has 0 radical (unpaired) electrons. The fraction of sp³-hybridized carbons (Fsp3) is 0.219. The number of aryl methyl sites for hydroxylation is 3. The van der Waals surface area contributed by atoms with Crippen LogP contribution in [0.5, 0.6) is 0 Å². The van der Waals surface area contributed by atoms with E-state index in [0.717, 1.165) is 58.9 Å². The molecule has 0 aliphatic heterocycles. The molecule has 6 nitrogen and oxygen atoms in total. The highest BCUT2D eigenvalue weighted by Crippen LogP contribution is 2.39. The second-order valence-electron chi connectivity index (χ2n) is 10.0. The van der Waals surface area contributed by atoms with Crippen LogP contribution in [0.2, 0.25) is 0 Å². The summed E-state index contributed by atoms with van der Waals surface area (Å²) in [4.78, 5) is 27.8. The van der Waals surface area contributed by atoms with Crippen molar-refractivity contribution in [3.8, 4) is 11.1 Å². The van der Waals surface area contributed by atoms with Crippen LogP contribution in [0.4, 0.5) is 15.8 Å². The SMILES string of the molecule is Cc1ccc(NC(=O)c2c(-n3c(C)cc(/C=C(/C#N)C(=O)Nc4ccc(F)cc4)c3C)sc3c2CCCC3)cc1. The monoisotopic (exact) mass is 552 g/mol. The predicted octanol–water partition coefficient (Wildman–Crippen LogP) is 7.28. The zero-order valence-electron chi connectivity index (χ0n) is 22.6. The average molecular weight is 553 g/mol. The van der Waals surface area contributed by atoms with Crippen molar-refractivity contribution in [1.82, 2.24) is 4.57 Å². The summed E-state index contributed by atoms with van der Waals surface area (Å²) in [5.41, 5.74) is 6.40. The van der Waals surface area contributed by atoms with Crippen molar-refractivity contribution >= 4 is 40.6 Å². The number of aromatic nitrogens is 1. The van der Waals surface area contributed by atoms with Crippen molar-refractivity contribution in [3.63, 3.8) is 0 Å². The van der Waals surface area contributed by atoms with Gasteiger partial charge in [-0.05, 0) is 106 Å². The molecule has 40 heavy (non-hydrogen) atoms. The highest BCUT2D eigenvalue weighted by molar-refractivity contribution is 7.15. The Kier molecular flexibility index (Phi) is 7.67. The van der Waals surface area contributed by atoms with Gasteiger partial charge < -0.3 is 15.2 Å². The summed E-state index contributed by atoms with van der Waals surface area (Å²) in [5.74, 6) is -1.13. The number of amides is 2. The van der Waals surface area contributed by atoms with Crippen LogP contribution in [-0.4, -0.2) is 16.4 Å². The minimum atomic E-state index is -0.580. The molecule has 0 unspecified atom stereocenters. The van der Waals surface area contributed by atoms with Crippen LogP contribution in [-0.2, 0) is 17.6 Å². The number of nitrogens with one attached hydrogen (secondary N) is 2. The van der Waals surface area contributed by atoms with Crippen LogP contribution in [0, 0.1) is 37.9 Å². The van der Waals surface area contributed by atoms with Gasteiger partial charge in [0.05, 0.1) is 5.56 Å². The first kappa shape index (κ1) is 27.1. The Balaban J connectivity index is 1.51. The van der Waals surface area contributed by atoms with Gasteiger partial charge >= 0.3 is 0 Å². The minimum Gasteiger partial charge on any atom is -0.322 e. The third kappa shape index (κ3) is 5.47. The topological polar surface area (TPSA) is 86.9 Å². The molecule has 0 spiro atoms. The van der Waals surface area contributed by atoms with Gasteiger partial charge in [0, 0.05) is 27.6 Å². The quantitative estimate of drug-likeness (QED) is 0.195. The van der Waals surface area contributed by atoms with E-state index in [0.29, 0.717) is 16.8 Å². The maximum atomic E-state index is 13.7. The van der Waals surface area contributed by atoms with Gasteiger partial charge in [-0.2, -0.15) is 5.26 Å². The van der Waals surface area contributed by atoms with Crippen molar-refractivity contribution < 1.29 is 14.0 Å². The first-order valence-electron chi connectivity index (χ1n) is 13.2.